The van der Waals surface area contributed by atoms with E-state index in [0.717, 1.165) is 24.3 Å². The topological polar surface area (TPSA) is 79.8 Å². The number of halogens is 6. The van der Waals surface area contributed by atoms with Crippen molar-refractivity contribution in [3.63, 3.8) is 0 Å². The molecule has 37 heavy (non-hydrogen) atoms. The van der Waals surface area contributed by atoms with Crippen molar-refractivity contribution in [2.75, 3.05) is 0 Å². The van der Waals surface area contributed by atoms with Crippen molar-refractivity contribution in [3.05, 3.63) is 93.8 Å². The second-order valence-electron chi connectivity index (χ2n) is 8.24. The van der Waals surface area contributed by atoms with E-state index in [1.54, 1.807) is 0 Å². The van der Waals surface area contributed by atoms with Crippen molar-refractivity contribution in [1.29, 1.82) is 0 Å². The first-order valence-corrected chi connectivity index (χ1v) is 10.9. The van der Waals surface area contributed by atoms with Gasteiger partial charge >= 0.3 is 12.4 Å². The molecule has 0 saturated heterocycles. The van der Waals surface area contributed by atoms with Gasteiger partial charge in [-0.2, -0.15) is 26.3 Å². The van der Waals surface area contributed by atoms with Gasteiger partial charge in [-0.1, -0.05) is 30.3 Å². The Hall–Kier alpha value is -4.09. The van der Waals surface area contributed by atoms with Crippen LogP contribution in [0, 0.1) is 0 Å². The fourth-order valence-electron chi connectivity index (χ4n) is 4.04. The SMILES string of the molecule is CC1=NC2=C(C(=O)NCc3ccccc3C(F)(F)F)C=C(NC(=O)c3ccccc3C(F)(F)F)C[C@@H]2O1. The van der Waals surface area contributed by atoms with Crippen LogP contribution in [0.15, 0.2) is 76.6 Å². The highest BCUT2D eigenvalue weighted by Gasteiger charge is 2.37. The van der Waals surface area contributed by atoms with E-state index in [9.17, 15) is 35.9 Å². The number of hydrogen-bond acceptors (Lipinski definition) is 4. The van der Waals surface area contributed by atoms with Gasteiger partial charge in [0.25, 0.3) is 11.8 Å². The van der Waals surface area contributed by atoms with Crippen molar-refractivity contribution in [2.45, 2.75) is 38.3 Å². The molecule has 0 fully saturated rings. The lowest BCUT2D eigenvalue weighted by Crippen LogP contribution is -2.33. The number of ether oxygens (including phenoxy) is 1. The Labute approximate surface area is 206 Å². The molecule has 0 saturated carbocycles. The van der Waals surface area contributed by atoms with Gasteiger partial charge in [0, 0.05) is 25.6 Å². The lowest BCUT2D eigenvalue weighted by atomic mass is 9.97. The maximum Gasteiger partial charge on any atom is 0.417 e. The lowest BCUT2D eigenvalue weighted by molar-refractivity contribution is -0.139. The summed E-state index contributed by atoms with van der Waals surface area (Å²) in [5.41, 5.74) is -2.60. The Kier molecular flexibility index (Phi) is 6.85. The maximum absolute atomic E-state index is 13.3. The number of rotatable bonds is 5. The highest BCUT2D eigenvalue weighted by Crippen LogP contribution is 2.35. The zero-order valence-corrected chi connectivity index (χ0v) is 19.1. The van der Waals surface area contributed by atoms with Crippen LogP contribution >= 0.6 is 0 Å². The molecule has 1 atom stereocenters. The van der Waals surface area contributed by atoms with Gasteiger partial charge in [-0.15, -0.1) is 0 Å². The molecule has 4 rings (SSSR count). The highest BCUT2D eigenvalue weighted by atomic mass is 19.4. The molecular weight excluding hydrogens is 504 g/mol. The molecule has 0 bridgehead atoms. The molecule has 1 aliphatic carbocycles. The molecule has 6 nitrogen and oxygen atoms in total. The zero-order valence-electron chi connectivity index (χ0n) is 19.1. The summed E-state index contributed by atoms with van der Waals surface area (Å²) < 4.78 is 85.4. The van der Waals surface area contributed by atoms with Gasteiger partial charge in [0.15, 0.2) is 5.90 Å². The summed E-state index contributed by atoms with van der Waals surface area (Å²) in [4.78, 5) is 29.9. The number of fused-ring (bicyclic) bond motifs is 1. The third-order valence-electron chi connectivity index (χ3n) is 5.65. The van der Waals surface area contributed by atoms with Crippen molar-refractivity contribution >= 4 is 17.7 Å². The molecule has 0 radical (unpaired) electrons. The average molecular weight is 523 g/mol. The van der Waals surface area contributed by atoms with Gasteiger partial charge in [0.05, 0.1) is 28.0 Å². The standard InChI is InChI=1S/C25H19F6N3O3/c1-13-33-21-17(22(35)32-12-14-6-2-4-8-18(14)24(26,27)28)10-15(11-20(21)37-13)34-23(36)16-7-3-5-9-19(16)25(29,30)31/h2-10,20H,11-12H2,1H3,(H,32,35)(H,34,36)/t20-/m0/s1. The van der Waals surface area contributed by atoms with Gasteiger partial charge in [0.2, 0.25) is 0 Å². The molecule has 194 valence electrons. The van der Waals surface area contributed by atoms with E-state index in [0.29, 0.717) is 0 Å². The monoisotopic (exact) mass is 523 g/mol. The molecule has 2 aromatic carbocycles. The number of nitrogens with zero attached hydrogens (tertiary/aromatic N) is 1. The van der Waals surface area contributed by atoms with Crippen molar-refractivity contribution in [3.8, 4) is 0 Å². The third kappa shape index (κ3) is 5.68. The van der Waals surface area contributed by atoms with E-state index in [-0.39, 0.29) is 34.8 Å². The molecular formula is C25H19F6N3O3. The average Bonchev–Trinajstić information content (AvgIpc) is 3.21. The molecule has 1 aliphatic heterocycles. The van der Waals surface area contributed by atoms with Crippen molar-refractivity contribution < 1.29 is 40.7 Å². The first kappa shape index (κ1) is 26.0. The van der Waals surface area contributed by atoms with Crippen LogP contribution in [0.1, 0.15) is 40.4 Å². The van der Waals surface area contributed by atoms with Crippen LogP contribution in [0.2, 0.25) is 0 Å². The first-order valence-electron chi connectivity index (χ1n) is 10.9. The predicted molar refractivity (Wildman–Crippen MR) is 120 cm³/mol. The fourth-order valence-corrected chi connectivity index (χ4v) is 4.04. The lowest BCUT2D eigenvalue weighted by Gasteiger charge is -2.22. The van der Waals surface area contributed by atoms with Gasteiger partial charge in [-0.3, -0.25) is 9.59 Å². The highest BCUT2D eigenvalue weighted by molar-refractivity contribution is 6.00. The van der Waals surface area contributed by atoms with E-state index in [4.69, 9.17) is 4.74 Å². The number of amides is 2. The first-order chi connectivity index (χ1) is 17.3. The van der Waals surface area contributed by atoms with Crippen LogP contribution in [0.5, 0.6) is 0 Å². The second kappa shape index (κ2) is 9.75. The maximum atomic E-state index is 13.3. The number of benzene rings is 2. The molecule has 2 aromatic rings. The van der Waals surface area contributed by atoms with Crippen LogP contribution in [0.25, 0.3) is 0 Å². The molecule has 2 N–H and O–H groups in total. The largest absolute Gasteiger partial charge is 0.471 e. The molecule has 2 amide bonds. The molecule has 12 heteroatoms. The van der Waals surface area contributed by atoms with E-state index in [1.165, 1.54) is 37.3 Å². The molecule has 2 aliphatic rings. The quantitative estimate of drug-likeness (QED) is 0.534. The molecule has 0 aromatic heterocycles. The Balaban J connectivity index is 1.59. The van der Waals surface area contributed by atoms with E-state index in [2.05, 4.69) is 15.6 Å². The van der Waals surface area contributed by atoms with Gasteiger partial charge in [-0.25, -0.2) is 4.99 Å². The minimum atomic E-state index is -4.76. The molecule has 0 spiro atoms. The summed E-state index contributed by atoms with van der Waals surface area (Å²) >= 11 is 0. The van der Waals surface area contributed by atoms with Gasteiger partial charge < -0.3 is 15.4 Å². The summed E-state index contributed by atoms with van der Waals surface area (Å²) in [6.45, 7) is 1.08. The summed E-state index contributed by atoms with van der Waals surface area (Å²) in [5.74, 6) is -1.62. The minimum absolute atomic E-state index is 0.00376. The summed E-state index contributed by atoms with van der Waals surface area (Å²) in [6, 6.07) is 8.99. The third-order valence-corrected chi connectivity index (χ3v) is 5.65. The van der Waals surface area contributed by atoms with Crippen molar-refractivity contribution in [2.24, 2.45) is 4.99 Å². The Morgan fingerprint density at radius 1 is 0.946 bits per heavy atom. The van der Waals surface area contributed by atoms with E-state index < -0.39 is 53.5 Å². The summed E-state index contributed by atoms with van der Waals surface area (Å²) in [6.07, 6.45) is -8.95. The number of nitrogens with one attached hydrogen (secondary N) is 2. The summed E-state index contributed by atoms with van der Waals surface area (Å²) in [7, 11) is 0. The molecule has 0 unspecified atom stereocenters. The number of carbonyl (C=O) groups excluding carboxylic acids is 2. The number of hydrogen-bond donors (Lipinski definition) is 2. The van der Waals surface area contributed by atoms with Gasteiger partial charge in [-0.05, 0) is 29.8 Å². The van der Waals surface area contributed by atoms with E-state index >= 15 is 0 Å². The Morgan fingerprint density at radius 3 is 2.24 bits per heavy atom. The second-order valence-corrected chi connectivity index (χ2v) is 8.24. The fraction of sp³-hybridized carbons (Fsp3) is 0.240. The van der Waals surface area contributed by atoms with Crippen LogP contribution in [0.4, 0.5) is 26.3 Å². The zero-order chi connectivity index (χ0) is 27.0. The smallest absolute Gasteiger partial charge is 0.417 e. The number of alkyl halides is 6. The Bertz CT molecular complexity index is 1340. The predicted octanol–water partition coefficient (Wildman–Crippen LogP) is 5.13. The molecule has 1 heterocycles. The van der Waals surface area contributed by atoms with Gasteiger partial charge in [0.1, 0.15) is 6.10 Å². The van der Waals surface area contributed by atoms with Crippen LogP contribution in [-0.4, -0.2) is 23.8 Å². The summed E-state index contributed by atoms with van der Waals surface area (Å²) in [5, 5.41) is 4.81. The van der Waals surface area contributed by atoms with E-state index in [1.807, 2.05) is 0 Å². The minimum Gasteiger partial charge on any atom is -0.471 e. The van der Waals surface area contributed by atoms with Crippen LogP contribution in [0.3, 0.4) is 0 Å². The van der Waals surface area contributed by atoms with Crippen LogP contribution < -0.4 is 10.6 Å². The van der Waals surface area contributed by atoms with Crippen molar-refractivity contribution in [1.82, 2.24) is 10.6 Å². The normalized spacial score (nSPS) is 17.4. The number of carbonyl (C=O) groups is 2. The Morgan fingerprint density at radius 2 is 1.57 bits per heavy atom. The number of aliphatic imine (C=N–C) groups is 1. The van der Waals surface area contributed by atoms with Crippen LogP contribution in [-0.2, 0) is 28.4 Å².